The summed E-state index contributed by atoms with van der Waals surface area (Å²) in [6.45, 7) is 0. The van der Waals surface area contributed by atoms with Gasteiger partial charge in [0.2, 0.25) is 0 Å². The van der Waals surface area contributed by atoms with Crippen LogP contribution in [-0.2, 0) is 0 Å². The van der Waals surface area contributed by atoms with Gasteiger partial charge < -0.3 is 4.74 Å². The lowest BCUT2D eigenvalue weighted by Gasteiger charge is -2.02. The van der Waals surface area contributed by atoms with Gasteiger partial charge in [-0.2, -0.15) is 0 Å². The highest BCUT2D eigenvalue weighted by atomic mass is 16.5. The molecule has 0 bridgehead atoms. The summed E-state index contributed by atoms with van der Waals surface area (Å²) in [4.78, 5) is 8.15. The van der Waals surface area contributed by atoms with Gasteiger partial charge in [0.15, 0.2) is 0 Å². The molecule has 0 fully saturated rings. The Morgan fingerprint density at radius 2 is 2.00 bits per heavy atom. The van der Waals surface area contributed by atoms with Crippen LogP contribution >= 0.6 is 0 Å². The molecule has 0 atom stereocenters. The zero-order chi connectivity index (χ0) is 11.2. The lowest BCUT2D eigenvalue weighted by Crippen LogP contribution is -1.86. The zero-order valence-electron chi connectivity index (χ0n) is 9.00. The highest BCUT2D eigenvalue weighted by Gasteiger charge is 1.96. The van der Waals surface area contributed by atoms with E-state index in [1.807, 2.05) is 36.4 Å². The summed E-state index contributed by atoms with van der Waals surface area (Å²) in [6.07, 6.45) is 8.90. The molecule has 2 aromatic rings. The van der Waals surface area contributed by atoms with Crippen molar-refractivity contribution >= 4 is 12.2 Å². The Morgan fingerprint density at radius 3 is 2.75 bits per heavy atom. The van der Waals surface area contributed by atoms with Crippen LogP contribution in [-0.4, -0.2) is 17.1 Å². The van der Waals surface area contributed by atoms with E-state index in [1.165, 1.54) is 0 Å². The monoisotopic (exact) mass is 212 g/mol. The lowest BCUT2D eigenvalue weighted by atomic mass is 10.2. The molecule has 0 unspecified atom stereocenters. The van der Waals surface area contributed by atoms with E-state index >= 15 is 0 Å². The quantitative estimate of drug-likeness (QED) is 0.784. The van der Waals surface area contributed by atoms with Crippen LogP contribution in [0, 0.1) is 0 Å². The predicted molar refractivity (Wildman–Crippen MR) is 64.0 cm³/mol. The third-order valence-corrected chi connectivity index (χ3v) is 2.16. The first-order valence-corrected chi connectivity index (χ1v) is 4.97. The van der Waals surface area contributed by atoms with Crippen molar-refractivity contribution in [2.45, 2.75) is 0 Å². The maximum absolute atomic E-state index is 5.25. The maximum Gasteiger partial charge on any atom is 0.126 e. The predicted octanol–water partition coefficient (Wildman–Crippen LogP) is 2.66. The summed E-state index contributed by atoms with van der Waals surface area (Å²) in [5, 5.41) is 0. The minimum absolute atomic E-state index is 0.827. The summed E-state index contributed by atoms with van der Waals surface area (Å²) >= 11 is 0. The molecular formula is C13H12N2O. The van der Waals surface area contributed by atoms with Gasteiger partial charge in [-0.3, -0.25) is 9.97 Å². The molecule has 80 valence electrons. The molecule has 1 heterocycles. The van der Waals surface area contributed by atoms with Crippen LogP contribution in [0.3, 0.4) is 0 Å². The molecule has 0 N–H and O–H groups in total. The Balaban J connectivity index is 2.24. The molecule has 1 aromatic heterocycles. The van der Waals surface area contributed by atoms with Crippen LogP contribution in [0.15, 0.2) is 42.9 Å². The SMILES string of the molecule is COc1ccccc1/C=C/c1cnccn1. The Kier molecular flexibility index (Phi) is 3.28. The van der Waals surface area contributed by atoms with Crippen molar-refractivity contribution in [1.82, 2.24) is 9.97 Å². The first-order valence-electron chi connectivity index (χ1n) is 4.97. The largest absolute Gasteiger partial charge is 0.496 e. The number of hydrogen-bond donors (Lipinski definition) is 0. The summed E-state index contributed by atoms with van der Waals surface area (Å²) in [5.74, 6) is 0.850. The molecule has 3 nitrogen and oxygen atoms in total. The fraction of sp³-hybridized carbons (Fsp3) is 0.0769. The summed E-state index contributed by atoms with van der Waals surface area (Å²) in [6, 6.07) is 7.83. The molecule has 0 spiro atoms. The van der Waals surface area contributed by atoms with Crippen LogP contribution < -0.4 is 4.74 Å². The standard InChI is InChI=1S/C13H12N2O/c1-16-13-5-3-2-4-11(13)6-7-12-10-14-8-9-15-12/h2-10H,1H3/b7-6+. The topological polar surface area (TPSA) is 35.0 Å². The second-order valence-electron chi connectivity index (χ2n) is 3.21. The number of hydrogen-bond acceptors (Lipinski definition) is 3. The highest BCUT2D eigenvalue weighted by molar-refractivity contribution is 5.70. The molecule has 0 amide bonds. The van der Waals surface area contributed by atoms with E-state index in [4.69, 9.17) is 4.74 Å². The van der Waals surface area contributed by atoms with Gasteiger partial charge in [-0.25, -0.2) is 0 Å². The fourth-order valence-corrected chi connectivity index (χ4v) is 1.38. The molecule has 0 aliphatic rings. The van der Waals surface area contributed by atoms with Gasteiger partial charge in [0.1, 0.15) is 5.75 Å². The minimum Gasteiger partial charge on any atom is -0.496 e. The molecule has 1 aromatic carbocycles. The van der Waals surface area contributed by atoms with Crippen molar-refractivity contribution in [1.29, 1.82) is 0 Å². The fourth-order valence-electron chi connectivity index (χ4n) is 1.38. The number of aromatic nitrogens is 2. The number of rotatable bonds is 3. The second-order valence-corrected chi connectivity index (χ2v) is 3.21. The van der Waals surface area contributed by atoms with Crippen LogP contribution in [0.5, 0.6) is 5.75 Å². The number of para-hydroxylation sites is 1. The lowest BCUT2D eigenvalue weighted by molar-refractivity contribution is 0.414. The van der Waals surface area contributed by atoms with Crippen molar-refractivity contribution in [3.8, 4) is 5.75 Å². The third-order valence-electron chi connectivity index (χ3n) is 2.16. The number of nitrogens with zero attached hydrogens (tertiary/aromatic N) is 2. The highest BCUT2D eigenvalue weighted by Crippen LogP contribution is 2.19. The van der Waals surface area contributed by atoms with E-state index in [0.29, 0.717) is 0 Å². The molecule has 0 saturated heterocycles. The van der Waals surface area contributed by atoms with E-state index in [9.17, 15) is 0 Å². The van der Waals surface area contributed by atoms with E-state index < -0.39 is 0 Å². The first kappa shape index (κ1) is 10.4. The molecule has 0 radical (unpaired) electrons. The Hall–Kier alpha value is -2.16. The molecule has 3 heteroatoms. The molecule has 0 aliphatic heterocycles. The van der Waals surface area contributed by atoms with E-state index in [-0.39, 0.29) is 0 Å². The second kappa shape index (κ2) is 5.07. The van der Waals surface area contributed by atoms with Crippen molar-refractivity contribution in [3.63, 3.8) is 0 Å². The normalized spacial score (nSPS) is 10.6. The van der Waals surface area contributed by atoms with Gasteiger partial charge in [-0.05, 0) is 18.2 Å². The van der Waals surface area contributed by atoms with E-state index in [1.54, 1.807) is 25.7 Å². The van der Waals surface area contributed by atoms with Crippen LogP contribution in [0.1, 0.15) is 11.3 Å². The maximum atomic E-state index is 5.25. The Labute approximate surface area is 94.4 Å². The summed E-state index contributed by atoms with van der Waals surface area (Å²) in [7, 11) is 1.66. The van der Waals surface area contributed by atoms with Gasteiger partial charge in [-0.1, -0.05) is 18.2 Å². The van der Waals surface area contributed by atoms with E-state index in [0.717, 1.165) is 17.0 Å². The van der Waals surface area contributed by atoms with Gasteiger partial charge >= 0.3 is 0 Å². The third kappa shape index (κ3) is 2.45. The molecular weight excluding hydrogens is 200 g/mol. The van der Waals surface area contributed by atoms with Gasteiger partial charge in [0.25, 0.3) is 0 Å². The molecule has 0 aliphatic carbocycles. The summed E-state index contributed by atoms with van der Waals surface area (Å²) < 4.78 is 5.25. The van der Waals surface area contributed by atoms with Crippen LogP contribution in [0.25, 0.3) is 12.2 Å². The van der Waals surface area contributed by atoms with Gasteiger partial charge in [-0.15, -0.1) is 0 Å². The smallest absolute Gasteiger partial charge is 0.126 e. The zero-order valence-corrected chi connectivity index (χ0v) is 9.00. The van der Waals surface area contributed by atoms with Crippen molar-refractivity contribution in [2.24, 2.45) is 0 Å². The number of ether oxygens (including phenoxy) is 1. The van der Waals surface area contributed by atoms with Crippen LogP contribution in [0.2, 0.25) is 0 Å². The number of methoxy groups -OCH3 is 1. The van der Waals surface area contributed by atoms with Gasteiger partial charge in [0, 0.05) is 18.0 Å². The van der Waals surface area contributed by atoms with Crippen LogP contribution in [0.4, 0.5) is 0 Å². The molecule has 0 saturated carbocycles. The average Bonchev–Trinajstić information content (AvgIpc) is 2.38. The van der Waals surface area contributed by atoms with Crippen molar-refractivity contribution in [2.75, 3.05) is 7.11 Å². The molecule has 2 rings (SSSR count). The van der Waals surface area contributed by atoms with Crippen molar-refractivity contribution < 1.29 is 4.74 Å². The van der Waals surface area contributed by atoms with Gasteiger partial charge in [0.05, 0.1) is 19.0 Å². The average molecular weight is 212 g/mol. The minimum atomic E-state index is 0.827. The van der Waals surface area contributed by atoms with Crippen molar-refractivity contribution in [3.05, 3.63) is 54.1 Å². The summed E-state index contributed by atoms with van der Waals surface area (Å²) in [5.41, 5.74) is 1.85. The Morgan fingerprint density at radius 1 is 1.12 bits per heavy atom. The first-order chi connectivity index (χ1) is 7.90. The van der Waals surface area contributed by atoms with E-state index in [2.05, 4.69) is 9.97 Å². The number of benzene rings is 1. The Bertz CT molecular complexity index is 480. The molecule has 16 heavy (non-hydrogen) atoms.